The smallest absolute Gasteiger partial charge is 0.230 e. The lowest BCUT2D eigenvalue weighted by molar-refractivity contribution is -0.119. The third kappa shape index (κ3) is 4.93. The molecule has 1 amide bonds. The maximum absolute atomic E-state index is 12.2. The first-order chi connectivity index (χ1) is 12.0. The molecule has 1 aliphatic rings. The molecule has 25 heavy (non-hydrogen) atoms. The molecule has 2 aromatic rings. The summed E-state index contributed by atoms with van der Waals surface area (Å²) in [5, 5.41) is 4.19. The molecule has 0 aliphatic heterocycles. The minimum absolute atomic E-state index is 0.0315. The third-order valence-electron chi connectivity index (χ3n) is 4.49. The fraction of sp³-hybridized carbons (Fsp3) is 0.350. The molecule has 0 unspecified atom stereocenters. The van der Waals surface area contributed by atoms with E-state index >= 15 is 0 Å². The van der Waals surface area contributed by atoms with Gasteiger partial charge in [-0.1, -0.05) is 47.5 Å². The summed E-state index contributed by atoms with van der Waals surface area (Å²) in [6.45, 7) is 2.04. The van der Waals surface area contributed by atoms with Gasteiger partial charge in [-0.25, -0.2) is 0 Å². The molecule has 2 aromatic carbocycles. The zero-order chi connectivity index (χ0) is 17.8. The summed E-state index contributed by atoms with van der Waals surface area (Å²) in [6.07, 6.45) is 3.58. The molecule has 0 aromatic heterocycles. The van der Waals surface area contributed by atoms with E-state index in [4.69, 9.17) is 23.2 Å². The van der Waals surface area contributed by atoms with Crippen LogP contribution in [0.25, 0.3) is 0 Å². The summed E-state index contributed by atoms with van der Waals surface area (Å²) in [5.74, 6) is 1.21. The number of fused-ring (bicyclic) bond motifs is 1. The van der Waals surface area contributed by atoms with Crippen molar-refractivity contribution in [3.63, 3.8) is 0 Å². The van der Waals surface area contributed by atoms with Crippen molar-refractivity contribution in [1.82, 2.24) is 5.32 Å². The molecule has 0 bridgehead atoms. The van der Waals surface area contributed by atoms with Gasteiger partial charge in [-0.15, -0.1) is 11.8 Å². The zero-order valence-electron chi connectivity index (χ0n) is 14.1. The van der Waals surface area contributed by atoms with Crippen molar-refractivity contribution in [2.45, 2.75) is 38.0 Å². The number of carbonyl (C=O) groups excluding carboxylic acids is 1. The van der Waals surface area contributed by atoms with Gasteiger partial charge >= 0.3 is 0 Å². The molecule has 0 fully saturated rings. The van der Waals surface area contributed by atoms with Crippen LogP contribution in [0, 0.1) is 0 Å². The molecule has 0 saturated heterocycles. The van der Waals surface area contributed by atoms with Gasteiger partial charge in [-0.3, -0.25) is 4.79 Å². The van der Waals surface area contributed by atoms with Crippen LogP contribution in [0.4, 0.5) is 0 Å². The standard InChI is InChI=1S/C20H21Cl2NOS/c1-13(16-7-6-15-3-2-4-17(15)10-16)23-20(24)12-25-11-14-5-8-18(21)19(22)9-14/h5-10,13H,2-4,11-12H2,1H3,(H,23,24)/t13-/m1/s1. The first kappa shape index (κ1) is 18.6. The summed E-state index contributed by atoms with van der Waals surface area (Å²) >= 11 is 13.5. The Bertz CT molecular complexity index is 778. The van der Waals surface area contributed by atoms with E-state index in [1.54, 1.807) is 17.8 Å². The Morgan fingerprint density at radius 3 is 2.72 bits per heavy atom. The highest BCUT2D eigenvalue weighted by atomic mass is 35.5. The fourth-order valence-electron chi connectivity index (χ4n) is 3.12. The number of thioether (sulfide) groups is 1. The van der Waals surface area contributed by atoms with E-state index in [-0.39, 0.29) is 11.9 Å². The highest BCUT2D eigenvalue weighted by molar-refractivity contribution is 7.99. The predicted octanol–water partition coefficient (Wildman–Crippen LogP) is 5.59. The summed E-state index contributed by atoms with van der Waals surface area (Å²) in [7, 11) is 0. The lowest BCUT2D eigenvalue weighted by Gasteiger charge is -2.15. The normalized spacial score (nSPS) is 14.2. The molecule has 0 spiro atoms. The monoisotopic (exact) mass is 393 g/mol. The van der Waals surface area contributed by atoms with Crippen molar-refractivity contribution in [3.05, 3.63) is 68.7 Å². The quantitative estimate of drug-likeness (QED) is 0.692. The van der Waals surface area contributed by atoms with Crippen LogP contribution >= 0.6 is 35.0 Å². The third-order valence-corrected chi connectivity index (χ3v) is 6.23. The van der Waals surface area contributed by atoms with Crippen LogP contribution in [0.2, 0.25) is 10.0 Å². The molecule has 1 atom stereocenters. The number of rotatable bonds is 6. The summed E-state index contributed by atoms with van der Waals surface area (Å²) in [6, 6.07) is 12.2. The molecule has 0 heterocycles. The van der Waals surface area contributed by atoms with E-state index in [1.165, 1.54) is 29.5 Å². The molecule has 0 saturated carbocycles. The first-order valence-electron chi connectivity index (χ1n) is 8.45. The van der Waals surface area contributed by atoms with Crippen molar-refractivity contribution in [1.29, 1.82) is 0 Å². The Morgan fingerprint density at radius 2 is 1.92 bits per heavy atom. The second-order valence-electron chi connectivity index (χ2n) is 6.41. The largest absolute Gasteiger partial charge is 0.349 e. The molecular formula is C20H21Cl2NOS. The van der Waals surface area contributed by atoms with E-state index in [2.05, 4.69) is 23.5 Å². The number of hydrogen-bond acceptors (Lipinski definition) is 2. The van der Waals surface area contributed by atoms with Gasteiger partial charge in [0.25, 0.3) is 0 Å². The van der Waals surface area contributed by atoms with Gasteiger partial charge in [-0.2, -0.15) is 0 Å². The minimum atomic E-state index is 0.0315. The van der Waals surface area contributed by atoms with E-state index in [0.717, 1.165) is 17.7 Å². The van der Waals surface area contributed by atoms with Crippen LogP contribution in [-0.4, -0.2) is 11.7 Å². The number of carbonyl (C=O) groups is 1. The molecule has 0 radical (unpaired) electrons. The number of aryl methyl sites for hydroxylation is 2. The van der Waals surface area contributed by atoms with Crippen molar-refractivity contribution >= 4 is 40.9 Å². The number of benzene rings is 2. The SMILES string of the molecule is C[C@@H](NC(=O)CSCc1ccc(Cl)c(Cl)c1)c1ccc2c(c1)CCC2. The van der Waals surface area contributed by atoms with Crippen molar-refractivity contribution in [2.24, 2.45) is 0 Å². The van der Waals surface area contributed by atoms with Gasteiger partial charge in [0, 0.05) is 5.75 Å². The molecule has 1 N–H and O–H groups in total. The van der Waals surface area contributed by atoms with Crippen molar-refractivity contribution in [2.75, 3.05) is 5.75 Å². The van der Waals surface area contributed by atoms with E-state index < -0.39 is 0 Å². The summed E-state index contributed by atoms with van der Waals surface area (Å²) in [5.41, 5.74) is 5.15. The van der Waals surface area contributed by atoms with Crippen LogP contribution in [-0.2, 0) is 23.4 Å². The van der Waals surface area contributed by atoms with Gasteiger partial charge in [0.2, 0.25) is 5.91 Å². The average Bonchev–Trinajstić information content (AvgIpc) is 3.05. The fourth-order valence-corrected chi connectivity index (χ4v) is 4.23. The van der Waals surface area contributed by atoms with E-state index in [1.807, 2.05) is 19.1 Å². The van der Waals surface area contributed by atoms with Crippen LogP contribution in [0.5, 0.6) is 0 Å². The molecule has 1 aliphatic carbocycles. The van der Waals surface area contributed by atoms with Gasteiger partial charge in [0.1, 0.15) is 0 Å². The maximum atomic E-state index is 12.2. The van der Waals surface area contributed by atoms with Gasteiger partial charge in [0.15, 0.2) is 0 Å². The minimum Gasteiger partial charge on any atom is -0.349 e. The topological polar surface area (TPSA) is 29.1 Å². The van der Waals surface area contributed by atoms with Gasteiger partial charge < -0.3 is 5.32 Å². The summed E-state index contributed by atoms with van der Waals surface area (Å²) in [4.78, 5) is 12.2. The second-order valence-corrected chi connectivity index (χ2v) is 8.21. The number of halogens is 2. The zero-order valence-corrected chi connectivity index (χ0v) is 16.5. The number of nitrogens with one attached hydrogen (secondary N) is 1. The molecule has 3 rings (SSSR count). The maximum Gasteiger partial charge on any atom is 0.230 e. The molecule has 5 heteroatoms. The average molecular weight is 394 g/mol. The van der Waals surface area contributed by atoms with Crippen LogP contribution in [0.3, 0.4) is 0 Å². The Morgan fingerprint density at radius 1 is 1.12 bits per heavy atom. The highest BCUT2D eigenvalue weighted by Gasteiger charge is 2.15. The predicted molar refractivity (Wildman–Crippen MR) is 108 cm³/mol. The number of amides is 1. The van der Waals surface area contributed by atoms with Gasteiger partial charge in [0.05, 0.1) is 21.8 Å². The van der Waals surface area contributed by atoms with Crippen LogP contribution in [0.15, 0.2) is 36.4 Å². The Kier molecular flexibility index (Phi) is 6.32. The van der Waals surface area contributed by atoms with Crippen LogP contribution < -0.4 is 5.32 Å². The second kappa shape index (κ2) is 8.48. The highest BCUT2D eigenvalue weighted by Crippen LogP contribution is 2.26. The number of hydrogen-bond donors (Lipinski definition) is 1. The van der Waals surface area contributed by atoms with E-state index in [0.29, 0.717) is 15.8 Å². The van der Waals surface area contributed by atoms with Crippen LogP contribution in [0.1, 0.15) is 41.6 Å². The first-order valence-corrected chi connectivity index (χ1v) is 10.4. The lowest BCUT2D eigenvalue weighted by atomic mass is 10.0. The molecule has 132 valence electrons. The Hall–Kier alpha value is -1.16. The van der Waals surface area contributed by atoms with Gasteiger partial charge in [-0.05, 0) is 60.6 Å². The Balaban J connectivity index is 1.48. The summed E-state index contributed by atoms with van der Waals surface area (Å²) < 4.78 is 0. The van der Waals surface area contributed by atoms with Crippen molar-refractivity contribution < 1.29 is 4.79 Å². The molecule has 2 nitrogen and oxygen atoms in total. The lowest BCUT2D eigenvalue weighted by Crippen LogP contribution is -2.28. The van der Waals surface area contributed by atoms with Crippen molar-refractivity contribution in [3.8, 4) is 0 Å². The van der Waals surface area contributed by atoms with E-state index in [9.17, 15) is 4.79 Å². The Labute approximate surface area is 163 Å². The molecular weight excluding hydrogens is 373 g/mol.